The summed E-state index contributed by atoms with van der Waals surface area (Å²) < 4.78 is 0. The van der Waals surface area contributed by atoms with Gasteiger partial charge in [0.25, 0.3) is 0 Å². The molecule has 0 aliphatic carbocycles. The highest BCUT2D eigenvalue weighted by Crippen LogP contribution is 2.42. The van der Waals surface area contributed by atoms with Gasteiger partial charge >= 0.3 is 0 Å². The largest absolute Gasteiger partial charge is 0.507 e. The topological polar surface area (TPSA) is 109 Å². The Hall–Kier alpha value is -4.08. The molecule has 2 saturated heterocycles. The third kappa shape index (κ3) is 6.00. The van der Waals surface area contributed by atoms with Gasteiger partial charge in [0.05, 0.1) is 22.7 Å². The van der Waals surface area contributed by atoms with Crippen LogP contribution in [0.4, 0.5) is 22.7 Å². The standard InChI is InChI=1S/C30H36N6O3/c1-20(37)33-26-8-6-22(18-28(26)35-14-10-31-11-15-35)24-4-3-5-25(30(24)39)23-7-9-27(34-21(2)38)29(19-23)36-16-12-32-13-17-36/h3-9,18-19,31-32,39H,10-17H2,1-2H3,(H,33,37)(H,34,38). The van der Waals surface area contributed by atoms with Gasteiger partial charge in [-0.3, -0.25) is 9.59 Å². The Balaban J connectivity index is 1.54. The molecule has 0 unspecified atom stereocenters. The van der Waals surface area contributed by atoms with E-state index in [1.54, 1.807) is 0 Å². The maximum absolute atomic E-state index is 11.9. The average Bonchev–Trinajstić information content (AvgIpc) is 2.94. The number of piperazine rings is 2. The Morgan fingerprint density at radius 1 is 0.692 bits per heavy atom. The number of rotatable bonds is 6. The van der Waals surface area contributed by atoms with E-state index in [4.69, 9.17) is 0 Å². The van der Waals surface area contributed by atoms with Crippen molar-refractivity contribution in [2.45, 2.75) is 13.8 Å². The smallest absolute Gasteiger partial charge is 0.221 e. The third-order valence-electron chi connectivity index (χ3n) is 7.19. The molecule has 2 aliphatic rings. The maximum Gasteiger partial charge on any atom is 0.221 e. The number of nitrogens with zero attached hydrogens (tertiary/aromatic N) is 2. The van der Waals surface area contributed by atoms with Gasteiger partial charge in [0, 0.05) is 77.3 Å². The number of hydrogen-bond acceptors (Lipinski definition) is 7. The second-order valence-electron chi connectivity index (χ2n) is 10.0. The molecule has 0 radical (unpaired) electrons. The number of phenols is 1. The summed E-state index contributed by atoms with van der Waals surface area (Å²) in [5.41, 5.74) is 6.57. The summed E-state index contributed by atoms with van der Waals surface area (Å²) >= 11 is 0. The van der Waals surface area contributed by atoms with Crippen LogP contribution < -0.4 is 31.1 Å². The van der Waals surface area contributed by atoms with Crippen molar-refractivity contribution in [3.05, 3.63) is 54.6 Å². The summed E-state index contributed by atoms with van der Waals surface area (Å²) in [6.45, 7) is 9.82. The Morgan fingerprint density at radius 3 is 1.49 bits per heavy atom. The molecule has 3 aromatic rings. The third-order valence-corrected chi connectivity index (χ3v) is 7.19. The molecule has 39 heavy (non-hydrogen) atoms. The summed E-state index contributed by atoms with van der Waals surface area (Å²) in [7, 11) is 0. The number of anilines is 4. The molecule has 2 heterocycles. The predicted octanol–water partition coefficient (Wildman–Crippen LogP) is 3.46. The summed E-state index contributed by atoms with van der Waals surface area (Å²) in [6, 6.07) is 17.5. The van der Waals surface area contributed by atoms with Crippen molar-refractivity contribution < 1.29 is 14.7 Å². The fourth-order valence-electron chi connectivity index (χ4n) is 5.33. The van der Waals surface area contributed by atoms with Crippen LogP contribution in [0.5, 0.6) is 5.75 Å². The molecule has 5 N–H and O–H groups in total. The number of carbonyl (C=O) groups excluding carboxylic acids is 2. The SMILES string of the molecule is CC(=O)Nc1ccc(-c2cccc(-c3ccc(NC(C)=O)c(N4CCNCC4)c3)c2O)cc1N1CCNCC1. The lowest BCUT2D eigenvalue weighted by atomic mass is 9.95. The number of para-hydroxylation sites is 1. The van der Waals surface area contributed by atoms with Crippen molar-refractivity contribution in [1.29, 1.82) is 0 Å². The first-order valence-electron chi connectivity index (χ1n) is 13.5. The zero-order chi connectivity index (χ0) is 27.4. The highest BCUT2D eigenvalue weighted by Gasteiger charge is 2.20. The molecular formula is C30H36N6O3. The first kappa shape index (κ1) is 26.5. The van der Waals surface area contributed by atoms with Crippen LogP contribution in [0.2, 0.25) is 0 Å². The molecule has 2 aliphatic heterocycles. The highest BCUT2D eigenvalue weighted by atomic mass is 16.3. The van der Waals surface area contributed by atoms with Crippen molar-refractivity contribution in [3.63, 3.8) is 0 Å². The van der Waals surface area contributed by atoms with Crippen LogP contribution in [0.1, 0.15) is 13.8 Å². The minimum Gasteiger partial charge on any atom is -0.507 e. The van der Waals surface area contributed by atoms with Crippen LogP contribution in [0.15, 0.2) is 54.6 Å². The average molecular weight is 529 g/mol. The van der Waals surface area contributed by atoms with Gasteiger partial charge in [-0.25, -0.2) is 0 Å². The van der Waals surface area contributed by atoms with E-state index in [-0.39, 0.29) is 17.6 Å². The second-order valence-corrected chi connectivity index (χ2v) is 10.0. The van der Waals surface area contributed by atoms with Gasteiger partial charge < -0.3 is 36.2 Å². The van der Waals surface area contributed by atoms with Gasteiger partial charge in [-0.1, -0.05) is 30.3 Å². The van der Waals surface area contributed by atoms with Gasteiger partial charge in [0.1, 0.15) is 5.75 Å². The molecule has 9 heteroatoms. The van der Waals surface area contributed by atoms with Gasteiger partial charge in [-0.15, -0.1) is 0 Å². The van der Waals surface area contributed by atoms with Crippen molar-refractivity contribution in [2.24, 2.45) is 0 Å². The highest BCUT2D eigenvalue weighted by molar-refractivity contribution is 5.96. The minimum absolute atomic E-state index is 0.119. The Labute approximate surface area is 229 Å². The fourth-order valence-corrected chi connectivity index (χ4v) is 5.33. The summed E-state index contributed by atoms with van der Waals surface area (Å²) in [4.78, 5) is 28.3. The van der Waals surface area contributed by atoms with Crippen LogP contribution in [-0.4, -0.2) is 69.3 Å². The lowest BCUT2D eigenvalue weighted by Crippen LogP contribution is -2.43. The molecule has 0 aromatic heterocycles. The summed E-state index contributed by atoms with van der Waals surface area (Å²) in [5.74, 6) is -0.0477. The van der Waals surface area contributed by atoms with E-state index in [9.17, 15) is 14.7 Å². The van der Waals surface area contributed by atoms with Crippen molar-refractivity contribution >= 4 is 34.6 Å². The molecule has 5 rings (SSSR count). The molecule has 0 bridgehead atoms. The number of phenolic OH excluding ortho intramolecular Hbond substituents is 1. The monoisotopic (exact) mass is 528 g/mol. The molecule has 0 saturated carbocycles. The number of aromatic hydroxyl groups is 1. The predicted molar refractivity (Wildman–Crippen MR) is 158 cm³/mol. The zero-order valence-corrected chi connectivity index (χ0v) is 22.5. The van der Waals surface area contributed by atoms with Crippen LogP contribution in [0.25, 0.3) is 22.3 Å². The van der Waals surface area contributed by atoms with Crippen molar-refractivity contribution in [1.82, 2.24) is 10.6 Å². The van der Waals surface area contributed by atoms with Crippen molar-refractivity contribution in [2.75, 3.05) is 72.8 Å². The number of benzene rings is 3. The van der Waals surface area contributed by atoms with Gasteiger partial charge in [0.2, 0.25) is 11.8 Å². The lowest BCUT2D eigenvalue weighted by Gasteiger charge is -2.31. The molecule has 204 valence electrons. The van der Waals surface area contributed by atoms with E-state index in [1.165, 1.54) is 13.8 Å². The van der Waals surface area contributed by atoms with Crippen molar-refractivity contribution in [3.8, 4) is 28.0 Å². The first-order chi connectivity index (χ1) is 18.9. The fraction of sp³-hybridized carbons (Fsp3) is 0.333. The van der Waals surface area contributed by atoms with Crippen LogP contribution >= 0.6 is 0 Å². The second kappa shape index (κ2) is 11.8. The summed E-state index contributed by atoms with van der Waals surface area (Å²) in [6.07, 6.45) is 0. The summed E-state index contributed by atoms with van der Waals surface area (Å²) in [5, 5.41) is 24.2. The van der Waals surface area contributed by atoms with Crippen LogP contribution in [0.3, 0.4) is 0 Å². The molecule has 0 spiro atoms. The molecular weight excluding hydrogens is 492 g/mol. The minimum atomic E-state index is -0.119. The van der Waals surface area contributed by atoms with Crippen LogP contribution in [-0.2, 0) is 9.59 Å². The molecule has 3 aromatic carbocycles. The Bertz CT molecular complexity index is 1260. The van der Waals surface area contributed by atoms with E-state index in [0.717, 1.165) is 86.2 Å². The van der Waals surface area contributed by atoms with E-state index < -0.39 is 0 Å². The van der Waals surface area contributed by atoms with E-state index >= 15 is 0 Å². The quantitative estimate of drug-likeness (QED) is 0.333. The van der Waals surface area contributed by atoms with Gasteiger partial charge in [-0.05, 0) is 35.4 Å². The lowest BCUT2D eigenvalue weighted by molar-refractivity contribution is -0.115. The molecule has 2 fully saturated rings. The van der Waals surface area contributed by atoms with Gasteiger partial charge in [0.15, 0.2) is 0 Å². The number of amides is 2. The molecule has 9 nitrogen and oxygen atoms in total. The number of hydrogen-bond donors (Lipinski definition) is 5. The number of carbonyl (C=O) groups is 2. The van der Waals surface area contributed by atoms with E-state index in [0.29, 0.717) is 11.1 Å². The van der Waals surface area contributed by atoms with Crippen LogP contribution in [0, 0.1) is 0 Å². The molecule has 2 amide bonds. The number of nitrogens with one attached hydrogen (secondary N) is 4. The first-order valence-corrected chi connectivity index (χ1v) is 13.5. The maximum atomic E-state index is 11.9. The Kier molecular flexibility index (Phi) is 7.99. The Morgan fingerprint density at radius 2 is 1.10 bits per heavy atom. The van der Waals surface area contributed by atoms with E-state index in [2.05, 4.69) is 31.1 Å². The zero-order valence-electron chi connectivity index (χ0n) is 22.5. The van der Waals surface area contributed by atoms with E-state index in [1.807, 2.05) is 54.6 Å². The normalized spacial score (nSPS) is 15.6. The van der Waals surface area contributed by atoms with Gasteiger partial charge in [-0.2, -0.15) is 0 Å². The molecule has 0 atom stereocenters.